The SMILES string of the molecule is O=C(CCC1=CCCN(CCCc2ccccc2)C1=O)NO. The molecule has 5 heteroatoms. The molecule has 1 aromatic carbocycles. The van der Waals surface area contributed by atoms with E-state index in [2.05, 4.69) is 12.1 Å². The molecule has 2 N–H and O–H groups in total. The number of benzene rings is 1. The maximum absolute atomic E-state index is 12.3. The minimum Gasteiger partial charge on any atom is -0.339 e. The lowest BCUT2D eigenvalue weighted by molar-refractivity contribution is -0.129. The highest BCUT2D eigenvalue weighted by Crippen LogP contribution is 2.17. The second-order valence-corrected chi connectivity index (χ2v) is 5.43. The maximum atomic E-state index is 12.3. The zero-order valence-corrected chi connectivity index (χ0v) is 12.6. The Morgan fingerprint density at radius 3 is 2.73 bits per heavy atom. The van der Waals surface area contributed by atoms with Crippen molar-refractivity contribution in [2.75, 3.05) is 13.1 Å². The number of rotatable bonds is 7. The Balaban J connectivity index is 1.79. The fraction of sp³-hybridized carbons (Fsp3) is 0.412. The molecule has 0 atom stereocenters. The van der Waals surface area contributed by atoms with Gasteiger partial charge in [0.25, 0.3) is 0 Å². The molecule has 5 nitrogen and oxygen atoms in total. The Labute approximate surface area is 130 Å². The van der Waals surface area contributed by atoms with Crippen LogP contribution < -0.4 is 5.48 Å². The lowest BCUT2D eigenvalue weighted by Crippen LogP contribution is -2.37. The van der Waals surface area contributed by atoms with Crippen LogP contribution in [0.2, 0.25) is 0 Å². The molecule has 0 fully saturated rings. The van der Waals surface area contributed by atoms with Crippen molar-refractivity contribution in [3.05, 3.63) is 47.5 Å². The van der Waals surface area contributed by atoms with Crippen molar-refractivity contribution in [3.8, 4) is 0 Å². The third-order valence-electron chi connectivity index (χ3n) is 3.83. The van der Waals surface area contributed by atoms with Gasteiger partial charge in [-0.2, -0.15) is 0 Å². The summed E-state index contributed by atoms with van der Waals surface area (Å²) in [6, 6.07) is 10.2. The van der Waals surface area contributed by atoms with E-state index in [0.29, 0.717) is 12.0 Å². The molecule has 1 heterocycles. The van der Waals surface area contributed by atoms with Crippen molar-refractivity contribution in [2.45, 2.75) is 32.1 Å². The molecular formula is C17H22N2O3. The summed E-state index contributed by atoms with van der Waals surface area (Å²) in [5.74, 6) is -0.444. The van der Waals surface area contributed by atoms with E-state index >= 15 is 0 Å². The quantitative estimate of drug-likeness (QED) is 0.598. The fourth-order valence-electron chi connectivity index (χ4n) is 2.63. The molecule has 0 unspecified atom stereocenters. The van der Waals surface area contributed by atoms with Gasteiger partial charge in [0.1, 0.15) is 0 Å². The number of hydrogen-bond donors (Lipinski definition) is 2. The normalized spacial score (nSPS) is 14.7. The van der Waals surface area contributed by atoms with Gasteiger partial charge in [-0.1, -0.05) is 36.4 Å². The molecule has 0 spiro atoms. The van der Waals surface area contributed by atoms with Crippen molar-refractivity contribution >= 4 is 11.8 Å². The summed E-state index contributed by atoms with van der Waals surface area (Å²) in [5.41, 5.74) is 3.55. The number of nitrogens with one attached hydrogen (secondary N) is 1. The van der Waals surface area contributed by atoms with Gasteiger partial charge < -0.3 is 4.90 Å². The molecule has 0 bridgehead atoms. The first kappa shape index (κ1) is 16.2. The summed E-state index contributed by atoms with van der Waals surface area (Å²) in [6.45, 7) is 1.47. The van der Waals surface area contributed by atoms with Gasteiger partial charge in [0.05, 0.1) is 0 Å². The van der Waals surface area contributed by atoms with Crippen LogP contribution in [0, 0.1) is 0 Å². The van der Waals surface area contributed by atoms with E-state index in [-0.39, 0.29) is 12.3 Å². The van der Waals surface area contributed by atoms with Gasteiger partial charge in [0.2, 0.25) is 11.8 Å². The largest absolute Gasteiger partial charge is 0.339 e. The smallest absolute Gasteiger partial charge is 0.249 e. The van der Waals surface area contributed by atoms with Crippen molar-refractivity contribution in [2.24, 2.45) is 0 Å². The summed E-state index contributed by atoms with van der Waals surface area (Å²) in [5, 5.41) is 8.49. The van der Waals surface area contributed by atoms with Crippen molar-refractivity contribution in [3.63, 3.8) is 0 Å². The van der Waals surface area contributed by atoms with Crippen LogP contribution in [0.4, 0.5) is 0 Å². The predicted molar refractivity (Wildman–Crippen MR) is 83.2 cm³/mol. The Bertz CT molecular complexity index is 540. The predicted octanol–water partition coefficient (Wildman–Crippen LogP) is 2.06. The summed E-state index contributed by atoms with van der Waals surface area (Å²) >= 11 is 0. The maximum Gasteiger partial charge on any atom is 0.249 e. The van der Waals surface area contributed by atoms with Crippen LogP contribution in [-0.4, -0.2) is 35.0 Å². The fourth-order valence-corrected chi connectivity index (χ4v) is 2.63. The minimum atomic E-state index is -0.463. The van der Waals surface area contributed by atoms with Crippen molar-refractivity contribution in [1.29, 1.82) is 0 Å². The average Bonchev–Trinajstić information content (AvgIpc) is 2.56. The van der Waals surface area contributed by atoms with E-state index in [0.717, 1.165) is 32.4 Å². The Hall–Kier alpha value is -2.14. The molecule has 22 heavy (non-hydrogen) atoms. The second-order valence-electron chi connectivity index (χ2n) is 5.43. The highest BCUT2D eigenvalue weighted by molar-refractivity contribution is 5.94. The number of amides is 2. The molecule has 0 saturated carbocycles. The molecule has 2 amide bonds. The first-order valence-electron chi connectivity index (χ1n) is 7.66. The highest BCUT2D eigenvalue weighted by Gasteiger charge is 2.21. The zero-order valence-electron chi connectivity index (χ0n) is 12.6. The number of carbonyl (C=O) groups is 2. The number of carbonyl (C=O) groups excluding carboxylic acids is 2. The van der Waals surface area contributed by atoms with Gasteiger partial charge >= 0.3 is 0 Å². The van der Waals surface area contributed by atoms with Crippen LogP contribution in [0.5, 0.6) is 0 Å². The molecular weight excluding hydrogens is 280 g/mol. The van der Waals surface area contributed by atoms with Gasteiger partial charge in [-0.15, -0.1) is 0 Å². The van der Waals surface area contributed by atoms with Crippen LogP contribution in [0.3, 0.4) is 0 Å². The second kappa shape index (κ2) is 8.34. The summed E-state index contributed by atoms with van der Waals surface area (Å²) in [7, 11) is 0. The summed E-state index contributed by atoms with van der Waals surface area (Å²) in [6.07, 6.45) is 5.12. The lowest BCUT2D eigenvalue weighted by atomic mass is 10.0. The molecule has 0 aliphatic carbocycles. The Morgan fingerprint density at radius 1 is 1.23 bits per heavy atom. The van der Waals surface area contributed by atoms with Gasteiger partial charge in [-0.3, -0.25) is 14.8 Å². The monoisotopic (exact) mass is 302 g/mol. The zero-order chi connectivity index (χ0) is 15.8. The van der Waals surface area contributed by atoms with E-state index in [1.165, 1.54) is 5.56 Å². The van der Waals surface area contributed by atoms with Gasteiger partial charge in [0.15, 0.2) is 0 Å². The Morgan fingerprint density at radius 2 is 2.00 bits per heavy atom. The average molecular weight is 302 g/mol. The molecule has 0 radical (unpaired) electrons. The molecule has 2 rings (SSSR count). The van der Waals surface area contributed by atoms with Crippen LogP contribution in [0.25, 0.3) is 0 Å². The molecule has 118 valence electrons. The highest BCUT2D eigenvalue weighted by atomic mass is 16.5. The van der Waals surface area contributed by atoms with Crippen molar-refractivity contribution < 1.29 is 14.8 Å². The minimum absolute atomic E-state index is 0.0186. The molecule has 0 aromatic heterocycles. The van der Waals surface area contributed by atoms with E-state index < -0.39 is 5.91 Å². The number of hydrogen-bond acceptors (Lipinski definition) is 3. The third kappa shape index (κ3) is 4.70. The molecule has 1 aliphatic heterocycles. The van der Waals surface area contributed by atoms with Crippen molar-refractivity contribution in [1.82, 2.24) is 10.4 Å². The van der Waals surface area contributed by atoms with Gasteiger partial charge in [-0.25, -0.2) is 5.48 Å². The molecule has 0 saturated heterocycles. The van der Waals surface area contributed by atoms with Crippen LogP contribution in [0.1, 0.15) is 31.2 Å². The van der Waals surface area contributed by atoms with Crippen LogP contribution in [0.15, 0.2) is 42.0 Å². The standard InChI is InChI=1S/C17H22N2O3/c20-16(18-22)11-10-15-9-5-13-19(17(15)21)12-4-8-14-6-2-1-3-7-14/h1-3,6-7,9,22H,4-5,8,10-13H2,(H,18,20). The summed E-state index contributed by atoms with van der Waals surface area (Å²) < 4.78 is 0. The number of nitrogens with zero attached hydrogens (tertiary/aromatic N) is 1. The topological polar surface area (TPSA) is 69.6 Å². The third-order valence-corrected chi connectivity index (χ3v) is 3.83. The molecule has 1 aliphatic rings. The first-order chi connectivity index (χ1) is 10.7. The van der Waals surface area contributed by atoms with Gasteiger partial charge in [0, 0.05) is 25.1 Å². The number of aryl methyl sites for hydroxylation is 1. The lowest BCUT2D eigenvalue weighted by Gasteiger charge is -2.27. The molecule has 1 aromatic rings. The van der Waals surface area contributed by atoms with E-state index in [4.69, 9.17) is 5.21 Å². The van der Waals surface area contributed by atoms with Gasteiger partial charge in [-0.05, 0) is 31.2 Å². The number of hydroxylamine groups is 1. The first-order valence-corrected chi connectivity index (χ1v) is 7.66. The van der Waals surface area contributed by atoms with Crippen LogP contribution >= 0.6 is 0 Å². The van der Waals surface area contributed by atoms with E-state index in [9.17, 15) is 9.59 Å². The summed E-state index contributed by atoms with van der Waals surface area (Å²) in [4.78, 5) is 25.2. The Kier molecular flexibility index (Phi) is 6.15. The van der Waals surface area contributed by atoms with E-state index in [1.807, 2.05) is 29.2 Å². The van der Waals surface area contributed by atoms with Crippen LogP contribution in [-0.2, 0) is 16.0 Å². The van der Waals surface area contributed by atoms with E-state index in [1.54, 1.807) is 5.48 Å².